The summed E-state index contributed by atoms with van der Waals surface area (Å²) in [5.41, 5.74) is 2.75. The molecule has 0 aliphatic heterocycles. The van der Waals surface area contributed by atoms with Gasteiger partial charge in [0.25, 0.3) is 5.91 Å². The minimum atomic E-state index is -0.123. The third-order valence-corrected chi connectivity index (χ3v) is 2.95. The van der Waals surface area contributed by atoms with E-state index >= 15 is 0 Å². The number of aldehydes is 1. The molecule has 102 valence electrons. The number of hydrogen-bond acceptors (Lipinski definition) is 3. The van der Waals surface area contributed by atoms with E-state index in [9.17, 15) is 9.59 Å². The zero-order valence-electron chi connectivity index (χ0n) is 11.5. The lowest BCUT2D eigenvalue weighted by Gasteiger charge is -2.17. The Morgan fingerprint density at radius 2 is 2.10 bits per heavy atom. The van der Waals surface area contributed by atoms with E-state index in [2.05, 4.69) is 4.98 Å². The highest BCUT2D eigenvalue weighted by Crippen LogP contribution is 2.12. The van der Waals surface area contributed by atoms with Gasteiger partial charge in [-0.25, -0.2) is 0 Å². The summed E-state index contributed by atoms with van der Waals surface area (Å²) in [4.78, 5) is 29.0. The van der Waals surface area contributed by atoms with Crippen LogP contribution in [0, 0.1) is 6.92 Å². The van der Waals surface area contributed by atoms with Gasteiger partial charge in [0, 0.05) is 24.4 Å². The number of hydrogen-bond donors (Lipinski definition) is 0. The Hall–Kier alpha value is -2.49. The van der Waals surface area contributed by atoms with Gasteiger partial charge in [-0.2, -0.15) is 0 Å². The molecule has 20 heavy (non-hydrogen) atoms. The van der Waals surface area contributed by atoms with Crippen LogP contribution in [0.15, 0.2) is 42.6 Å². The fourth-order valence-corrected chi connectivity index (χ4v) is 2.03. The number of rotatable bonds is 4. The molecule has 0 bridgehead atoms. The lowest BCUT2D eigenvalue weighted by atomic mass is 10.1. The Bertz CT molecular complexity index is 624. The fourth-order valence-electron chi connectivity index (χ4n) is 2.03. The van der Waals surface area contributed by atoms with E-state index in [-0.39, 0.29) is 5.91 Å². The summed E-state index contributed by atoms with van der Waals surface area (Å²) in [5.74, 6) is -0.123. The van der Waals surface area contributed by atoms with Crippen molar-refractivity contribution in [2.45, 2.75) is 13.5 Å². The van der Waals surface area contributed by atoms with Crippen molar-refractivity contribution >= 4 is 12.2 Å². The van der Waals surface area contributed by atoms with Crippen LogP contribution in [0.3, 0.4) is 0 Å². The van der Waals surface area contributed by atoms with E-state index in [0.717, 1.165) is 17.5 Å². The van der Waals surface area contributed by atoms with Crippen molar-refractivity contribution in [1.29, 1.82) is 0 Å². The number of pyridine rings is 1. The molecule has 0 unspecified atom stereocenters. The molecule has 0 aliphatic rings. The summed E-state index contributed by atoms with van der Waals surface area (Å²) >= 11 is 0. The van der Waals surface area contributed by atoms with Crippen molar-refractivity contribution in [1.82, 2.24) is 9.88 Å². The van der Waals surface area contributed by atoms with Crippen molar-refractivity contribution in [3.8, 4) is 0 Å². The maximum absolute atomic E-state index is 12.4. The first-order valence-corrected chi connectivity index (χ1v) is 6.32. The van der Waals surface area contributed by atoms with Gasteiger partial charge >= 0.3 is 0 Å². The average Bonchev–Trinajstić information content (AvgIpc) is 2.46. The monoisotopic (exact) mass is 268 g/mol. The van der Waals surface area contributed by atoms with Gasteiger partial charge in [0.05, 0.1) is 12.2 Å². The second kappa shape index (κ2) is 6.10. The first-order chi connectivity index (χ1) is 9.60. The lowest BCUT2D eigenvalue weighted by Crippen LogP contribution is -2.26. The van der Waals surface area contributed by atoms with Crippen LogP contribution in [-0.2, 0) is 6.54 Å². The van der Waals surface area contributed by atoms with Gasteiger partial charge in [0.1, 0.15) is 6.29 Å². The quantitative estimate of drug-likeness (QED) is 0.800. The minimum absolute atomic E-state index is 0.123. The molecule has 0 saturated carbocycles. The first-order valence-electron chi connectivity index (χ1n) is 6.32. The summed E-state index contributed by atoms with van der Waals surface area (Å²) in [6.45, 7) is 2.30. The number of benzene rings is 1. The molecule has 4 heteroatoms. The van der Waals surface area contributed by atoms with E-state index in [0.29, 0.717) is 17.7 Å². The molecule has 0 fully saturated rings. The number of amides is 1. The summed E-state index contributed by atoms with van der Waals surface area (Å²) < 4.78 is 0. The number of nitrogens with zero attached hydrogens (tertiary/aromatic N) is 2. The molecule has 1 heterocycles. The second-order valence-electron chi connectivity index (χ2n) is 4.73. The van der Waals surface area contributed by atoms with Crippen molar-refractivity contribution in [2.24, 2.45) is 0 Å². The van der Waals surface area contributed by atoms with Crippen LogP contribution < -0.4 is 0 Å². The Balaban J connectivity index is 2.18. The van der Waals surface area contributed by atoms with Gasteiger partial charge < -0.3 is 4.90 Å². The zero-order valence-corrected chi connectivity index (χ0v) is 11.5. The van der Waals surface area contributed by atoms with Crippen molar-refractivity contribution < 1.29 is 9.59 Å². The van der Waals surface area contributed by atoms with Gasteiger partial charge in [-0.15, -0.1) is 0 Å². The molecule has 0 aliphatic carbocycles. The largest absolute Gasteiger partial charge is 0.336 e. The third-order valence-electron chi connectivity index (χ3n) is 2.95. The third kappa shape index (κ3) is 3.29. The summed E-state index contributed by atoms with van der Waals surface area (Å²) in [6.07, 6.45) is 2.45. The molecular weight excluding hydrogens is 252 g/mol. The number of carbonyl (C=O) groups is 2. The van der Waals surface area contributed by atoms with Crippen LogP contribution in [-0.4, -0.2) is 29.1 Å². The fraction of sp³-hybridized carbons (Fsp3) is 0.188. The predicted octanol–water partition coefficient (Wildman–Crippen LogP) is 2.47. The highest BCUT2D eigenvalue weighted by Gasteiger charge is 2.13. The van der Waals surface area contributed by atoms with E-state index in [1.54, 1.807) is 36.3 Å². The summed E-state index contributed by atoms with van der Waals surface area (Å²) in [5, 5.41) is 0. The summed E-state index contributed by atoms with van der Waals surface area (Å²) in [6, 6.07) is 10.7. The van der Waals surface area contributed by atoms with Crippen molar-refractivity contribution in [3.63, 3.8) is 0 Å². The van der Waals surface area contributed by atoms with Crippen LogP contribution in [0.25, 0.3) is 0 Å². The van der Waals surface area contributed by atoms with E-state index in [1.165, 1.54) is 0 Å². The molecule has 0 saturated heterocycles. The average molecular weight is 268 g/mol. The standard InChI is InChI=1S/C16H16N2O2/c1-12-7-13(11-19)9-14(8-12)16(20)18(2)10-15-5-3-4-6-17-15/h3-9,11H,10H2,1-2H3. The maximum atomic E-state index is 12.4. The van der Waals surface area contributed by atoms with E-state index in [4.69, 9.17) is 0 Å². The topological polar surface area (TPSA) is 50.3 Å². The molecule has 4 nitrogen and oxygen atoms in total. The maximum Gasteiger partial charge on any atom is 0.253 e. The highest BCUT2D eigenvalue weighted by atomic mass is 16.2. The Morgan fingerprint density at radius 1 is 1.30 bits per heavy atom. The van der Waals surface area contributed by atoms with Crippen LogP contribution in [0.2, 0.25) is 0 Å². The van der Waals surface area contributed by atoms with Gasteiger partial charge in [0.2, 0.25) is 0 Å². The van der Waals surface area contributed by atoms with Gasteiger partial charge in [-0.3, -0.25) is 14.6 Å². The SMILES string of the molecule is Cc1cc(C=O)cc(C(=O)N(C)Cc2ccccn2)c1. The molecule has 0 spiro atoms. The first kappa shape index (κ1) is 13.9. The molecule has 2 aromatic rings. The van der Waals surface area contributed by atoms with Crippen LogP contribution in [0.4, 0.5) is 0 Å². The molecule has 2 rings (SSSR count). The normalized spacial score (nSPS) is 10.1. The minimum Gasteiger partial charge on any atom is -0.336 e. The number of aryl methyl sites for hydroxylation is 1. The van der Waals surface area contributed by atoms with Crippen LogP contribution >= 0.6 is 0 Å². The Labute approximate surface area is 118 Å². The molecular formula is C16H16N2O2. The predicted molar refractivity (Wildman–Crippen MR) is 76.6 cm³/mol. The van der Waals surface area contributed by atoms with Gasteiger partial charge in [-0.1, -0.05) is 6.07 Å². The molecule has 1 aromatic heterocycles. The smallest absolute Gasteiger partial charge is 0.253 e. The highest BCUT2D eigenvalue weighted by molar-refractivity contribution is 5.95. The Kier molecular flexibility index (Phi) is 4.25. The molecule has 1 amide bonds. The molecule has 0 radical (unpaired) electrons. The van der Waals surface area contributed by atoms with Crippen molar-refractivity contribution in [2.75, 3.05) is 7.05 Å². The van der Waals surface area contributed by atoms with Crippen LogP contribution in [0.5, 0.6) is 0 Å². The lowest BCUT2D eigenvalue weighted by molar-refractivity contribution is 0.0783. The van der Waals surface area contributed by atoms with Gasteiger partial charge in [-0.05, 0) is 42.8 Å². The molecule has 0 N–H and O–H groups in total. The van der Waals surface area contributed by atoms with Crippen LogP contribution in [0.1, 0.15) is 32.0 Å². The Morgan fingerprint density at radius 3 is 2.75 bits per heavy atom. The zero-order chi connectivity index (χ0) is 14.5. The molecule has 1 aromatic carbocycles. The summed E-state index contributed by atoms with van der Waals surface area (Å²) in [7, 11) is 1.72. The second-order valence-corrected chi connectivity index (χ2v) is 4.73. The number of carbonyl (C=O) groups excluding carboxylic acids is 2. The van der Waals surface area contributed by atoms with E-state index in [1.807, 2.05) is 25.1 Å². The van der Waals surface area contributed by atoms with Crippen molar-refractivity contribution in [3.05, 3.63) is 65.0 Å². The van der Waals surface area contributed by atoms with Gasteiger partial charge in [0.15, 0.2) is 0 Å². The number of aromatic nitrogens is 1. The molecule has 0 atom stereocenters. The van der Waals surface area contributed by atoms with E-state index < -0.39 is 0 Å².